The Labute approximate surface area is 482 Å². The molecule has 17 heteroatoms. The van der Waals surface area contributed by atoms with Gasteiger partial charge in [-0.25, -0.2) is 36.5 Å². The predicted molar refractivity (Wildman–Crippen MR) is 309 cm³/mol. The number of esters is 3. The molecular weight excluding hydrogens is 1070 g/mol. The maximum Gasteiger partial charge on any atom is 2.00 e. The molecule has 0 saturated heterocycles. The number of carbonyl (C=O) groups excluding carboxylic acids is 3. The zero-order valence-electron chi connectivity index (χ0n) is 48.8. The summed E-state index contributed by atoms with van der Waals surface area (Å²) in [4.78, 5) is 36.0. The van der Waals surface area contributed by atoms with Crippen molar-refractivity contribution in [2.45, 2.75) is 221 Å². The third kappa shape index (κ3) is 32.8. The molecule has 0 bridgehead atoms. The van der Waals surface area contributed by atoms with E-state index in [1.54, 1.807) is 54.7 Å². The van der Waals surface area contributed by atoms with E-state index in [4.69, 9.17) is 14.2 Å². The van der Waals surface area contributed by atoms with E-state index in [0.717, 1.165) is 48.8 Å². The predicted octanol–water partition coefficient (Wildman–Crippen LogP) is 10.4. The number of benzene rings is 3. The minimum absolute atomic E-state index is 0. The summed E-state index contributed by atoms with van der Waals surface area (Å²) in [5, 5.41) is 0. The van der Waals surface area contributed by atoms with E-state index in [2.05, 4.69) is 34.6 Å². The van der Waals surface area contributed by atoms with Gasteiger partial charge in [-0.15, -0.1) is 0 Å². The summed E-state index contributed by atoms with van der Waals surface area (Å²) in [5.41, 5.74) is 2.86. The quantitative estimate of drug-likeness (QED) is 0.0495. The van der Waals surface area contributed by atoms with Crippen molar-refractivity contribution < 1.29 is 58.2 Å². The van der Waals surface area contributed by atoms with Crippen molar-refractivity contribution >= 4 is 80.1 Å². The molecule has 74 heavy (non-hydrogen) atoms. The first-order chi connectivity index (χ1) is 32.8. The van der Waals surface area contributed by atoms with Gasteiger partial charge in [-0.05, 0) is 191 Å². The number of nitrogens with one attached hydrogen (secondary N) is 2. The fourth-order valence-corrected chi connectivity index (χ4v) is 7.73. The van der Waals surface area contributed by atoms with Gasteiger partial charge in [-0.1, -0.05) is 70.0 Å². The Bertz CT molecular complexity index is 2110. The molecule has 5 atom stereocenters. The smallest absolute Gasteiger partial charge is 1.00 e. The summed E-state index contributed by atoms with van der Waals surface area (Å²) in [5.74, 6) is -1.01. The summed E-state index contributed by atoms with van der Waals surface area (Å²) in [7, 11) is -3.56. The van der Waals surface area contributed by atoms with Crippen molar-refractivity contribution in [1.82, 2.24) is 9.44 Å². The zero-order valence-corrected chi connectivity index (χ0v) is 54.3. The van der Waals surface area contributed by atoms with Crippen LogP contribution in [0.15, 0.2) is 77.2 Å². The molecule has 0 aliphatic rings. The van der Waals surface area contributed by atoms with Crippen LogP contribution in [0.1, 0.15) is 237 Å². The molecule has 0 aliphatic carbocycles. The van der Waals surface area contributed by atoms with Gasteiger partial charge in [0.2, 0.25) is 0 Å². The molecule has 0 saturated carbocycles. The molecule has 12 nitrogen and oxygen atoms in total. The van der Waals surface area contributed by atoms with E-state index in [-0.39, 0.29) is 84.3 Å². The van der Waals surface area contributed by atoms with Crippen LogP contribution in [0.4, 0.5) is 0 Å². The van der Waals surface area contributed by atoms with Crippen LogP contribution in [-0.4, -0.2) is 90.8 Å². The second-order valence-electron chi connectivity index (χ2n) is 23.1. The molecule has 416 valence electrons. The van der Waals surface area contributed by atoms with E-state index in [9.17, 15) is 27.0 Å². The Balaban J connectivity index is -0.000000983. The van der Waals surface area contributed by atoms with E-state index in [1.807, 2.05) is 156 Å². The Hall–Kier alpha value is -2.64. The van der Waals surface area contributed by atoms with Crippen molar-refractivity contribution in [3.8, 4) is 0 Å². The minimum atomic E-state index is -1.29. The monoisotopic (exact) mass is 1160 g/mol. The zero-order chi connectivity index (χ0) is 56.1. The van der Waals surface area contributed by atoms with Crippen LogP contribution in [0.5, 0.6) is 0 Å². The van der Waals surface area contributed by atoms with E-state index in [1.165, 1.54) is 0 Å². The van der Waals surface area contributed by atoms with Gasteiger partial charge in [0.25, 0.3) is 0 Å². The van der Waals surface area contributed by atoms with E-state index >= 15 is 0 Å². The first-order valence-electron chi connectivity index (χ1n) is 24.9. The van der Waals surface area contributed by atoms with Gasteiger partial charge in [0.15, 0.2) is 0 Å². The topological polar surface area (TPSA) is 167 Å². The minimum Gasteiger partial charge on any atom is -1.00 e. The molecular formula is C57H92BrMgN3O9S3. The van der Waals surface area contributed by atoms with Gasteiger partial charge in [0.1, 0.15) is 27.8 Å². The number of ether oxygens (including phenoxy) is 3. The van der Waals surface area contributed by atoms with Gasteiger partial charge >= 0.3 is 41.0 Å². The Morgan fingerprint density at radius 3 is 0.986 bits per heavy atom. The molecule has 0 aromatic heterocycles. The summed E-state index contributed by atoms with van der Waals surface area (Å²) >= 11 is 0. The molecule has 0 amide bonds. The van der Waals surface area contributed by atoms with Crippen molar-refractivity contribution in [2.75, 3.05) is 0 Å². The summed E-state index contributed by atoms with van der Waals surface area (Å²) in [6, 6.07) is 21.6. The van der Waals surface area contributed by atoms with Gasteiger partial charge in [0, 0.05) is 18.3 Å². The van der Waals surface area contributed by atoms with Crippen molar-refractivity contribution in [2.24, 2.45) is 4.40 Å². The van der Waals surface area contributed by atoms with Crippen LogP contribution in [0.3, 0.4) is 0 Å². The molecule has 2 N–H and O–H groups in total. The second-order valence-corrected chi connectivity index (χ2v) is 29.1. The van der Waals surface area contributed by atoms with Crippen LogP contribution < -0.4 is 26.4 Å². The average molecular weight is 1160 g/mol. The number of nitrogens with zero attached hydrogens (tertiary/aromatic N) is 1. The molecule has 3 aromatic rings. The maximum atomic E-state index is 12.4. The summed E-state index contributed by atoms with van der Waals surface area (Å²) in [6.07, 6.45) is 6.28. The van der Waals surface area contributed by atoms with Gasteiger partial charge < -0.3 is 38.1 Å². The number of rotatable bonds is 15. The molecule has 0 fully saturated rings. The second kappa shape index (κ2) is 34.3. The molecule has 0 radical (unpaired) electrons. The molecule has 3 rings (SSSR count). The Kier molecular flexibility index (Phi) is 35.0. The van der Waals surface area contributed by atoms with Crippen LogP contribution in [0.25, 0.3) is 0 Å². The number of hydrogen-bond donors (Lipinski definition) is 2. The molecule has 0 heterocycles. The standard InChI is InChI=1S/2C19H31NO3S.C16H23NO3S.C3H7.BrH.Mg/c2*1-8-9-16(20-24(22)19(5,6)7)14-10-12-15(13-11-14)17(21)23-18(2,3)4;1-15(2,3)20-14(18)13-9-7-12(8-10-13)11-17-21(19)16(4,5)6;1-3-2;;/h2*10-13,16,20H,8-9H2,1-7H3;7-11H,1-6H3;1,3H2,2H3;1H;/q;;;-1;;+2/p-1/t16-,24+;16-,24-;21-;;;/m100.../s1. The normalized spacial score (nSPS) is 14.0. The van der Waals surface area contributed by atoms with E-state index < -0.39 is 49.8 Å². The fourth-order valence-electron chi connectivity index (χ4n) is 5.46. The van der Waals surface area contributed by atoms with Crippen LogP contribution in [-0.2, 0) is 47.2 Å². The third-order valence-electron chi connectivity index (χ3n) is 9.03. The first kappa shape index (κ1) is 75.6. The Morgan fingerprint density at radius 1 is 0.514 bits per heavy atom. The van der Waals surface area contributed by atoms with Gasteiger partial charge in [-0.3, -0.25) is 0 Å². The number of halogens is 1. The maximum absolute atomic E-state index is 12.4. The van der Waals surface area contributed by atoms with Crippen molar-refractivity contribution in [1.29, 1.82) is 0 Å². The first-order valence-corrected chi connectivity index (χ1v) is 28.3. The van der Waals surface area contributed by atoms with Crippen LogP contribution in [0, 0.1) is 6.92 Å². The van der Waals surface area contributed by atoms with Crippen molar-refractivity contribution in [3.63, 3.8) is 0 Å². The average Bonchev–Trinajstić information content (AvgIpc) is 3.23. The Morgan fingerprint density at radius 2 is 0.770 bits per heavy atom. The van der Waals surface area contributed by atoms with Crippen LogP contribution >= 0.6 is 0 Å². The molecule has 0 spiro atoms. The number of hydrogen-bond acceptors (Lipinski definition) is 9. The fraction of sp³-hybridized carbons (Fsp3) is 0.596. The molecule has 3 aromatic carbocycles. The largest absolute Gasteiger partial charge is 2.00 e. The van der Waals surface area contributed by atoms with Gasteiger partial charge in [0.05, 0.1) is 52.9 Å². The summed E-state index contributed by atoms with van der Waals surface area (Å²) < 4.78 is 62.1. The van der Waals surface area contributed by atoms with Crippen molar-refractivity contribution in [3.05, 3.63) is 113 Å². The summed E-state index contributed by atoms with van der Waals surface area (Å²) in [6.45, 7) is 43.6. The molecule has 0 aliphatic heterocycles. The van der Waals surface area contributed by atoms with Crippen LogP contribution in [0.2, 0.25) is 0 Å². The molecule has 0 unspecified atom stereocenters. The third-order valence-corrected chi connectivity index (χ3v) is 13.6. The SMILES string of the molecule is CC(C)(C)OC(=O)c1ccc(C=N[S@@](=O)C(C)(C)C)cc1.CCC[C@@H](N[S@@](=O)C(C)(C)C)c1ccc(C(=O)OC(C)(C)C)cc1.CCC[C@H](N[S@@](=O)C(C)(C)C)c1ccc(C(=O)OC(C)(C)C)cc1.[Br-].[CH2-]CC.[Mg+2]. The number of carbonyl (C=O) groups is 3. The van der Waals surface area contributed by atoms with E-state index in [0.29, 0.717) is 16.7 Å². The van der Waals surface area contributed by atoms with Gasteiger partial charge in [-0.2, -0.15) is 10.8 Å².